The lowest BCUT2D eigenvalue weighted by molar-refractivity contribution is 0.392. The van der Waals surface area contributed by atoms with E-state index in [-0.39, 0.29) is 5.41 Å². The smallest absolute Gasteiger partial charge is 0.196 e. The van der Waals surface area contributed by atoms with Gasteiger partial charge in [-0.25, -0.2) is 0 Å². The summed E-state index contributed by atoms with van der Waals surface area (Å²) in [6, 6.07) is 16.8. The van der Waals surface area contributed by atoms with Crippen molar-refractivity contribution in [2.45, 2.75) is 50.9 Å². The second-order valence-electron chi connectivity index (χ2n) is 8.54. The van der Waals surface area contributed by atoms with Crippen LogP contribution in [-0.4, -0.2) is 19.9 Å². The van der Waals surface area contributed by atoms with Crippen molar-refractivity contribution >= 4 is 27.7 Å². The molecule has 4 aromatic rings. The van der Waals surface area contributed by atoms with Crippen LogP contribution in [0, 0.1) is 13.8 Å². The van der Waals surface area contributed by atoms with Gasteiger partial charge in [0.15, 0.2) is 11.0 Å². The Morgan fingerprint density at radius 2 is 1.65 bits per heavy atom. The second kappa shape index (κ2) is 8.63. The van der Waals surface area contributed by atoms with E-state index in [1.54, 1.807) is 11.8 Å². The molecule has 2 aromatic heterocycles. The van der Waals surface area contributed by atoms with Gasteiger partial charge in [0, 0.05) is 27.0 Å². The van der Waals surface area contributed by atoms with Crippen LogP contribution in [0.15, 0.2) is 62.7 Å². The molecule has 0 unspecified atom stereocenters. The number of hydrogen-bond donors (Lipinski definition) is 0. The van der Waals surface area contributed by atoms with E-state index >= 15 is 0 Å². The van der Waals surface area contributed by atoms with Gasteiger partial charge in [-0.3, -0.25) is 4.57 Å². The fourth-order valence-corrected chi connectivity index (χ4v) is 4.71. The van der Waals surface area contributed by atoms with E-state index in [0.717, 1.165) is 49.5 Å². The average molecular weight is 497 g/mol. The highest BCUT2D eigenvalue weighted by atomic mass is 79.9. The Hall–Kier alpha value is -2.38. The lowest BCUT2D eigenvalue weighted by Gasteiger charge is -2.19. The highest BCUT2D eigenvalue weighted by Crippen LogP contribution is 2.32. The summed E-state index contributed by atoms with van der Waals surface area (Å²) in [5.74, 6) is 2.39. The van der Waals surface area contributed by atoms with Crippen LogP contribution in [-0.2, 0) is 11.2 Å². The summed E-state index contributed by atoms with van der Waals surface area (Å²) in [5, 5.41) is 14.0. The number of thioether (sulfide) groups is 1. The van der Waals surface area contributed by atoms with Crippen molar-refractivity contribution < 1.29 is 4.52 Å². The quantitative estimate of drug-likeness (QED) is 0.281. The second-order valence-corrected chi connectivity index (χ2v) is 10.4. The van der Waals surface area contributed by atoms with Gasteiger partial charge in [-0.2, -0.15) is 0 Å². The van der Waals surface area contributed by atoms with E-state index in [4.69, 9.17) is 4.52 Å². The molecule has 5 nitrogen and oxygen atoms in total. The Bertz CT molecular complexity index is 1170. The van der Waals surface area contributed by atoms with Crippen LogP contribution in [0.25, 0.3) is 17.1 Å². The average Bonchev–Trinajstić information content (AvgIpc) is 3.30. The minimum atomic E-state index is 0.104. The highest BCUT2D eigenvalue weighted by Gasteiger charge is 2.19. The molecule has 0 aliphatic rings. The molecule has 0 spiro atoms. The van der Waals surface area contributed by atoms with Crippen LogP contribution in [0.2, 0.25) is 0 Å². The van der Waals surface area contributed by atoms with E-state index in [9.17, 15) is 0 Å². The summed E-state index contributed by atoms with van der Waals surface area (Å²) in [6.07, 6.45) is 0. The minimum Gasteiger partial charge on any atom is -0.361 e. The van der Waals surface area contributed by atoms with E-state index in [2.05, 4.69) is 93.0 Å². The largest absolute Gasteiger partial charge is 0.361 e. The molecule has 0 bridgehead atoms. The van der Waals surface area contributed by atoms with Gasteiger partial charge in [0.25, 0.3) is 0 Å². The van der Waals surface area contributed by atoms with Crippen LogP contribution in [0.5, 0.6) is 0 Å². The molecule has 0 amide bonds. The fourth-order valence-electron chi connectivity index (χ4n) is 3.34. The van der Waals surface area contributed by atoms with Gasteiger partial charge in [0.05, 0.1) is 5.69 Å². The molecule has 7 heteroatoms. The third kappa shape index (κ3) is 4.62. The zero-order valence-electron chi connectivity index (χ0n) is 18.3. The summed E-state index contributed by atoms with van der Waals surface area (Å²) < 4.78 is 8.46. The maximum atomic E-state index is 5.31. The summed E-state index contributed by atoms with van der Waals surface area (Å²) >= 11 is 5.16. The number of nitrogens with zero attached hydrogens (tertiary/aromatic N) is 4. The summed E-state index contributed by atoms with van der Waals surface area (Å²) in [6.45, 7) is 10.6. The van der Waals surface area contributed by atoms with Gasteiger partial charge in [-0.15, -0.1) is 10.2 Å². The Morgan fingerprint density at radius 3 is 2.23 bits per heavy atom. The molecule has 0 aliphatic heterocycles. The number of benzene rings is 2. The number of halogens is 1. The number of hydrogen-bond acceptors (Lipinski definition) is 5. The van der Waals surface area contributed by atoms with E-state index < -0.39 is 0 Å². The first-order valence-electron chi connectivity index (χ1n) is 10.1. The molecule has 0 aliphatic carbocycles. The third-order valence-corrected chi connectivity index (χ3v) is 6.74. The first kappa shape index (κ1) is 21.8. The molecule has 0 fully saturated rings. The van der Waals surface area contributed by atoms with Crippen molar-refractivity contribution in [1.82, 2.24) is 19.9 Å². The molecule has 0 atom stereocenters. The molecule has 0 radical (unpaired) electrons. The first-order valence-corrected chi connectivity index (χ1v) is 11.9. The van der Waals surface area contributed by atoms with Crippen molar-refractivity contribution in [1.29, 1.82) is 0 Å². The molecule has 4 rings (SSSR count). The minimum absolute atomic E-state index is 0.104. The Labute approximate surface area is 195 Å². The monoisotopic (exact) mass is 496 g/mol. The van der Waals surface area contributed by atoms with Crippen molar-refractivity contribution in [3.05, 3.63) is 75.6 Å². The Morgan fingerprint density at radius 1 is 0.968 bits per heavy atom. The van der Waals surface area contributed by atoms with Crippen LogP contribution < -0.4 is 0 Å². The standard InChI is InChI=1S/C24H25BrN4OS/c1-15-21(16(2)30-28-15)14-31-23-27-26-22(29(23)20-12-10-19(25)11-13-20)17-6-8-18(9-7-17)24(3,4)5/h6-13H,14H2,1-5H3. The summed E-state index contributed by atoms with van der Waals surface area (Å²) in [7, 11) is 0. The topological polar surface area (TPSA) is 56.7 Å². The van der Waals surface area contributed by atoms with Gasteiger partial charge >= 0.3 is 0 Å². The maximum absolute atomic E-state index is 5.31. The van der Waals surface area contributed by atoms with E-state index in [1.807, 2.05) is 26.0 Å². The Balaban J connectivity index is 1.74. The van der Waals surface area contributed by atoms with Gasteiger partial charge in [-0.1, -0.05) is 77.9 Å². The molecule has 0 N–H and O–H groups in total. The zero-order valence-corrected chi connectivity index (χ0v) is 20.7. The summed E-state index contributed by atoms with van der Waals surface area (Å²) in [5.41, 5.74) is 5.47. The predicted molar refractivity (Wildman–Crippen MR) is 129 cm³/mol. The van der Waals surface area contributed by atoms with Crippen molar-refractivity contribution in [2.75, 3.05) is 0 Å². The van der Waals surface area contributed by atoms with Gasteiger partial charge in [0.1, 0.15) is 5.76 Å². The molecular formula is C24H25BrN4OS. The van der Waals surface area contributed by atoms with Crippen molar-refractivity contribution in [3.63, 3.8) is 0 Å². The fraction of sp³-hybridized carbons (Fsp3) is 0.292. The lowest BCUT2D eigenvalue weighted by atomic mass is 9.87. The molecule has 160 valence electrons. The molecular weight excluding hydrogens is 472 g/mol. The van der Waals surface area contributed by atoms with Crippen LogP contribution >= 0.6 is 27.7 Å². The Kier molecular flexibility index (Phi) is 6.08. The lowest BCUT2D eigenvalue weighted by Crippen LogP contribution is -2.10. The molecule has 0 saturated heterocycles. The third-order valence-electron chi connectivity index (χ3n) is 5.25. The van der Waals surface area contributed by atoms with Gasteiger partial charge in [-0.05, 0) is 49.1 Å². The van der Waals surface area contributed by atoms with E-state index in [0.29, 0.717) is 0 Å². The van der Waals surface area contributed by atoms with Crippen molar-refractivity contribution in [2.24, 2.45) is 0 Å². The SMILES string of the molecule is Cc1noc(C)c1CSc1nnc(-c2ccc(C(C)(C)C)cc2)n1-c1ccc(Br)cc1. The van der Waals surface area contributed by atoms with Crippen LogP contribution in [0.3, 0.4) is 0 Å². The van der Waals surface area contributed by atoms with Crippen LogP contribution in [0.1, 0.15) is 43.4 Å². The molecule has 31 heavy (non-hydrogen) atoms. The van der Waals surface area contributed by atoms with Gasteiger partial charge < -0.3 is 4.52 Å². The number of aromatic nitrogens is 4. The zero-order chi connectivity index (χ0) is 22.2. The predicted octanol–water partition coefficient (Wildman–Crippen LogP) is 6.89. The number of aryl methyl sites for hydroxylation is 2. The van der Waals surface area contributed by atoms with E-state index in [1.165, 1.54) is 5.56 Å². The highest BCUT2D eigenvalue weighted by molar-refractivity contribution is 9.10. The molecule has 0 saturated carbocycles. The molecule has 2 aromatic carbocycles. The first-order chi connectivity index (χ1) is 14.7. The normalized spacial score (nSPS) is 11.8. The maximum Gasteiger partial charge on any atom is 0.196 e. The molecule has 2 heterocycles. The van der Waals surface area contributed by atoms with Gasteiger partial charge in [0.2, 0.25) is 0 Å². The summed E-state index contributed by atoms with van der Waals surface area (Å²) in [4.78, 5) is 0. The number of rotatable bonds is 5. The van der Waals surface area contributed by atoms with Crippen LogP contribution in [0.4, 0.5) is 0 Å². The van der Waals surface area contributed by atoms with Crippen molar-refractivity contribution in [3.8, 4) is 17.1 Å².